The molecule has 1 aliphatic rings. The van der Waals surface area contributed by atoms with Gasteiger partial charge in [0.15, 0.2) is 0 Å². The minimum Gasteiger partial charge on any atom is -0.467 e. The molecule has 0 unspecified atom stereocenters. The molecule has 0 radical (unpaired) electrons. The van der Waals surface area contributed by atoms with Gasteiger partial charge in [-0.3, -0.25) is 4.90 Å². The molecule has 104 valence electrons. The van der Waals surface area contributed by atoms with Crippen molar-refractivity contribution in [2.45, 2.75) is 51.0 Å². The van der Waals surface area contributed by atoms with Crippen LogP contribution in [-0.2, 0) is 14.3 Å². The average Bonchev–Trinajstić information content (AvgIpc) is 2.87. The maximum absolute atomic E-state index is 11.9. The standard InChI is InChI=1S/C13H23NO4/c1-4-5-10-18-12(16)14(2)13(11(15)17-3)8-6-7-9-13/h4-10H2,1-3H3. The number of ether oxygens (including phenoxy) is 2. The summed E-state index contributed by atoms with van der Waals surface area (Å²) < 4.78 is 10.0. The lowest BCUT2D eigenvalue weighted by Crippen LogP contribution is -2.54. The topological polar surface area (TPSA) is 55.8 Å². The Morgan fingerprint density at radius 3 is 2.39 bits per heavy atom. The summed E-state index contributed by atoms with van der Waals surface area (Å²) in [5.41, 5.74) is -0.821. The zero-order chi connectivity index (χ0) is 13.6. The highest BCUT2D eigenvalue weighted by atomic mass is 16.6. The van der Waals surface area contributed by atoms with Crippen LogP contribution in [0.5, 0.6) is 0 Å². The van der Waals surface area contributed by atoms with E-state index < -0.39 is 11.6 Å². The molecule has 1 amide bonds. The molecule has 5 nitrogen and oxygen atoms in total. The van der Waals surface area contributed by atoms with Crippen LogP contribution in [0, 0.1) is 0 Å². The number of amides is 1. The van der Waals surface area contributed by atoms with Gasteiger partial charge in [0.05, 0.1) is 13.7 Å². The molecule has 1 fully saturated rings. The lowest BCUT2D eigenvalue weighted by molar-refractivity contribution is -0.153. The van der Waals surface area contributed by atoms with Gasteiger partial charge in [0.1, 0.15) is 5.54 Å². The van der Waals surface area contributed by atoms with Gasteiger partial charge in [-0.25, -0.2) is 9.59 Å². The lowest BCUT2D eigenvalue weighted by Gasteiger charge is -2.35. The minimum atomic E-state index is -0.821. The summed E-state index contributed by atoms with van der Waals surface area (Å²) in [7, 11) is 2.98. The van der Waals surface area contributed by atoms with Crippen molar-refractivity contribution in [1.82, 2.24) is 4.90 Å². The number of hydrogen-bond acceptors (Lipinski definition) is 4. The van der Waals surface area contributed by atoms with E-state index in [9.17, 15) is 9.59 Å². The predicted octanol–water partition coefficient (Wildman–Crippen LogP) is 2.34. The fraction of sp³-hybridized carbons (Fsp3) is 0.846. The van der Waals surface area contributed by atoms with Gasteiger partial charge < -0.3 is 9.47 Å². The predicted molar refractivity (Wildman–Crippen MR) is 67.2 cm³/mol. The van der Waals surface area contributed by atoms with E-state index in [1.54, 1.807) is 7.05 Å². The SMILES string of the molecule is CCCCOC(=O)N(C)C1(C(=O)OC)CCCC1. The van der Waals surface area contributed by atoms with E-state index in [0.29, 0.717) is 19.4 Å². The number of carbonyl (C=O) groups is 2. The molecular weight excluding hydrogens is 234 g/mol. The van der Waals surface area contributed by atoms with Crippen LogP contribution in [-0.4, -0.2) is 43.3 Å². The average molecular weight is 257 g/mol. The van der Waals surface area contributed by atoms with Crippen molar-refractivity contribution in [2.75, 3.05) is 20.8 Å². The largest absolute Gasteiger partial charge is 0.467 e. The second kappa shape index (κ2) is 6.61. The van der Waals surface area contributed by atoms with Gasteiger partial charge >= 0.3 is 12.1 Å². The minimum absolute atomic E-state index is 0.338. The first-order chi connectivity index (χ1) is 8.58. The molecule has 5 heteroatoms. The van der Waals surface area contributed by atoms with Gasteiger partial charge in [-0.1, -0.05) is 26.2 Å². The Hall–Kier alpha value is -1.26. The van der Waals surface area contributed by atoms with E-state index in [2.05, 4.69) is 0 Å². The van der Waals surface area contributed by atoms with Crippen molar-refractivity contribution in [3.05, 3.63) is 0 Å². The molecule has 0 aromatic rings. The smallest absolute Gasteiger partial charge is 0.410 e. The van der Waals surface area contributed by atoms with E-state index in [0.717, 1.165) is 25.7 Å². The summed E-state index contributed by atoms with van der Waals surface area (Å²) in [5.74, 6) is -0.338. The second-order valence-corrected chi connectivity index (χ2v) is 4.76. The molecule has 0 heterocycles. The number of nitrogens with zero attached hydrogens (tertiary/aromatic N) is 1. The van der Waals surface area contributed by atoms with Crippen molar-refractivity contribution >= 4 is 12.1 Å². The zero-order valence-electron chi connectivity index (χ0n) is 11.5. The lowest BCUT2D eigenvalue weighted by atomic mass is 9.96. The van der Waals surface area contributed by atoms with Crippen LogP contribution in [0.4, 0.5) is 4.79 Å². The Balaban J connectivity index is 2.68. The third-order valence-electron chi connectivity index (χ3n) is 3.64. The third-order valence-corrected chi connectivity index (χ3v) is 3.64. The monoisotopic (exact) mass is 257 g/mol. The summed E-state index contributed by atoms with van der Waals surface area (Å²) in [5, 5.41) is 0. The quantitative estimate of drug-likeness (QED) is 0.560. The van der Waals surface area contributed by atoms with Crippen LogP contribution >= 0.6 is 0 Å². The third kappa shape index (κ3) is 2.94. The number of carbonyl (C=O) groups excluding carboxylic acids is 2. The highest BCUT2D eigenvalue weighted by Crippen LogP contribution is 2.36. The molecule has 0 N–H and O–H groups in total. The van der Waals surface area contributed by atoms with E-state index in [1.165, 1.54) is 12.0 Å². The summed E-state index contributed by atoms with van der Waals surface area (Å²) >= 11 is 0. The zero-order valence-corrected chi connectivity index (χ0v) is 11.5. The van der Waals surface area contributed by atoms with Crippen molar-refractivity contribution < 1.29 is 19.1 Å². The van der Waals surface area contributed by atoms with Gasteiger partial charge in [0.2, 0.25) is 0 Å². The summed E-state index contributed by atoms with van der Waals surface area (Å²) in [6.07, 6.45) is 4.54. The summed E-state index contributed by atoms with van der Waals surface area (Å²) in [6, 6.07) is 0. The van der Waals surface area contributed by atoms with Crippen LogP contribution in [0.15, 0.2) is 0 Å². The van der Waals surface area contributed by atoms with E-state index in [-0.39, 0.29) is 5.97 Å². The second-order valence-electron chi connectivity index (χ2n) is 4.76. The number of unbranched alkanes of at least 4 members (excludes halogenated alkanes) is 1. The Kier molecular flexibility index (Phi) is 5.44. The van der Waals surface area contributed by atoms with Crippen molar-refractivity contribution in [3.8, 4) is 0 Å². The maximum Gasteiger partial charge on any atom is 0.410 e. The molecule has 0 bridgehead atoms. The van der Waals surface area contributed by atoms with Crippen LogP contribution in [0.25, 0.3) is 0 Å². The van der Waals surface area contributed by atoms with E-state index in [4.69, 9.17) is 9.47 Å². The highest BCUT2D eigenvalue weighted by Gasteiger charge is 2.48. The maximum atomic E-state index is 11.9. The molecule has 1 aliphatic carbocycles. The Morgan fingerprint density at radius 1 is 1.28 bits per heavy atom. The van der Waals surface area contributed by atoms with Crippen LogP contribution in [0.1, 0.15) is 45.4 Å². The Bertz CT molecular complexity index is 297. The molecule has 1 rings (SSSR count). The molecule has 1 saturated carbocycles. The van der Waals surface area contributed by atoms with Crippen molar-refractivity contribution in [3.63, 3.8) is 0 Å². The summed E-state index contributed by atoms with van der Waals surface area (Å²) in [4.78, 5) is 25.3. The highest BCUT2D eigenvalue weighted by molar-refractivity contribution is 5.86. The Morgan fingerprint density at radius 2 is 1.89 bits per heavy atom. The van der Waals surface area contributed by atoms with Crippen LogP contribution < -0.4 is 0 Å². The molecule has 0 atom stereocenters. The van der Waals surface area contributed by atoms with Crippen molar-refractivity contribution in [1.29, 1.82) is 0 Å². The molecular formula is C13H23NO4. The number of methoxy groups -OCH3 is 1. The number of likely N-dealkylation sites (N-methyl/N-ethyl adjacent to an activating group) is 1. The van der Waals surface area contributed by atoms with E-state index >= 15 is 0 Å². The molecule has 0 aromatic heterocycles. The first-order valence-corrected chi connectivity index (χ1v) is 6.57. The van der Waals surface area contributed by atoms with Gasteiger partial charge in [-0.2, -0.15) is 0 Å². The van der Waals surface area contributed by atoms with Gasteiger partial charge in [0.25, 0.3) is 0 Å². The molecule has 0 saturated heterocycles. The van der Waals surface area contributed by atoms with Crippen molar-refractivity contribution in [2.24, 2.45) is 0 Å². The molecule has 0 spiro atoms. The number of hydrogen-bond donors (Lipinski definition) is 0. The fourth-order valence-electron chi connectivity index (χ4n) is 2.40. The molecule has 18 heavy (non-hydrogen) atoms. The van der Waals surface area contributed by atoms with Gasteiger partial charge in [-0.05, 0) is 19.3 Å². The normalized spacial score (nSPS) is 17.3. The first-order valence-electron chi connectivity index (χ1n) is 6.57. The fourth-order valence-corrected chi connectivity index (χ4v) is 2.40. The van der Waals surface area contributed by atoms with Gasteiger partial charge in [0, 0.05) is 7.05 Å². The van der Waals surface area contributed by atoms with Gasteiger partial charge in [-0.15, -0.1) is 0 Å². The van der Waals surface area contributed by atoms with Crippen LogP contribution in [0.3, 0.4) is 0 Å². The molecule has 0 aliphatic heterocycles. The number of rotatable bonds is 5. The van der Waals surface area contributed by atoms with E-state index in [1.807, 2.05) is 6.92 Å². The first kappa shape index (κ1) is 14.8. The Labute approximate surface area is 108 Å². The number of esters is 1. The summed E-state index contributed by atoms with van der Waals surface area (Å²) in [6.45, 7) is 2.43. The van der Waals surface area contributed by atoms with Crippen LogP contribution in [0.2, 0.25) is 0 Å². The molecule has 0 aromatic carbocycles.